The number of nitrogens with zero attached hydrogens (tertiary/aromatic N) is 1. The Morgan fingerprint density at radius 3 is 2.26 bits per heavy atom. The molecule has 2 aromatic carbocycles. The highest BCUT2D eigenvalue weighted by molar-refractivity contribution is 7.92. The summed E-state index contributed by atoms with van der Waals surface area (Å²) in [6, 6.07) is 12.2. The maximum atomic E-state index is 12.6. The van der Waals surface area contributed by atoms with Crippen molar-refractivity contribution in [3.05, 3.63) is 64.2 Å². The standard InChI is InChI=1S/C20H25ClN2O3S/c1-5-19(16-7-6-14(2)15(3)12-16)22-20(24)13-23(27(4,25)26)18-10-8-17(21)9-11-18/h6-12,19H,5,13H2,1-4H3,(H,22,24)/t19-/m0/s1. The SMILES string of the molecule is CC[C@H](NC(=O)CN(c1ccc(Cl)cc1)S(C)(=O)=O)c1ccc(C)c(C)c1. The molecule has 0 aliphatic heterocycles. The number of halogens is 1. The van der Waals surface area contributed by atoms with E-state index in [9.17, 15) is 13.2 Å². The Morgan fingerprint density at radius 2 is 1.74 bits per heavy atom. The van der Waals surface area contributed by atoms with Crippen molar-refractivity contribution in [2.24, 2.45) is 0 Å². The quantitative estimate of drug-likeness (QED) is 0.753. The fourth-order valence-corrected chi connectivity index (χ4v) is 3.76. The summed E-state index contributed by atoms with van der Waals surface area (Å²) in [5.41, 5.74) is 3.74. The first kappa shape index (κ1) is 21.3. The van der Waals surface area contributed by atoms with Gasteiger partial charge in [-0.15, -0.1) is 0 Å². The van der Waals surface area contributed by atoms with Crippen LogP contribution in [0, 0.1) is 13.8 Å². The predicted octanol–water partition coefficient (Wildman–Crippen LogP) is 3.99. The van der Waals surface area contributed by atoms with Gasteiger partial charge in [0.25, 0.3) is 0 Å². The smallest absolute Gasteiger partial charge is 0.241 e. The Hall–Kier alpha value is -2.05. The summed E-state index contributed by atoms with van der Waals surface area (Å²) in [5.74, 6) is -0.361. The number of amides is 1. The van der Waals surface area contributed by atoms with Crippen molar-refractivity contribution < 1.29 is 13.2 Å². The summed E-state index contributed by atoms with van der Waals surface area (Å²) in [5, 5.41) is 3.44. The number of aryl methyl sites for hydroxylation is 2. The molecule has 0 heterocycles. The molecule has 0 saturated carbocycles. The first-order valence-corrected chi connectivity index (χ1v) is 10.9. The number of sulfonamides is 1. The van der Waals surface area contributed by atoms with E-state index in [0.717, 1.165) is 21.7 Å². The molecule has 0 unspecified atom stereocenters. The molecule has 146 valence electrons. The largest absolute Gasteiger partial charge is 0.348 e. The van der Waals surface area contributed by atoms with E-state index in [0.29, 0.717) is 17.1 Å². The molecule has 27 heavy (non-hydrogen) atoms. The second-order valence-corrected chi connectivity index (χ2v) is 8.96. The van der Waals surface area contributed by atoms with Gasteiger partial charge in [0.05, 0.1) is 18.0 Å². The van der Waals surface area contributed by atoms with Gasteiger partial charge in [-0.2, -0.15) is 0 Å². The van der Waals surface area contributed by atoms with Crippen LogP contribution in [-0.2, 0) is 14.8 Å². The van der Waals surface area contributed by atoms with Crippen molar-refractivity contribution in [2.75, 3.05) is 17.1 Å². The molecule has 2 rings (SSSR count). The maximum Gasteiger partial charge on any atom is 0.241 e. The van der Waals surface area contributed by atoms with E-state index in [1.54, 1.807) is 24.3 Å². The van der Waals surface area contributed by atoms with Gasteiger partial charge in [0, 0.05) is 5.02 Å². The van der Waals surface area contributed by atoms with Crippen LogP contribution in [0.4, 0.5) is 5.69 Å². The Kier molecular flexibility index (Phi) is 6.89. The molecular weight excluding hydrogens is 384 g/mol. The minimum Gasteiger partial charge on any atom is -0.348 e. The highest BCUT2D eigenvalue weighted by Crippen LogP contribution is 2.22. The zero-order chi connectivity index (χ0) is 20.2. The number of anilines is 1. The second kappa shape index (κ2) is 8.76. The van der Waals surface area contributed by atoms with Crippen molar-refractivity contribution in [3.8, 4) is 0 Å². The zero-order valence-electron chi connectivity index (χ0n) is 16.0. The molecule has 0 aromatic heterocycles. The van der Waals surface area contributed by atoms with E-state index in [2.05, 4.69) is 11.4 Å². The van der Waals surface area contributed by atoms with Gasteiger partial charge in [-0.1, -0.05) is 36.7 Å². The van der Waals surface area contributed by atoms with Crippen molar-refractivity contribution >= 4 is 33.2 Å². The van der Waals surface area contributed by atoms with Crippen LogP contribution < -0.4 is 9.62 Å². The lowest BCUT2D eigenvalue weighted by molar-refractivity contribution is -0.120. The molecule has 0 bridgehead atoms. The van der Waals surface area contributed by atoms with E-state index >= 15 is 0 Å². The lowest BCUT2D eigenvalue weighted by atomic mass is 9.99. The Labute approximate surface area is 166 Å². The Bertz CT molecular complexity index is 911. The van der Waals surface area contributed by atoms with Crippen molar-refractivity contribution in [2.45, 2.75) is 33.2 Å². The minimum atomic E-state index is -3.62. The van der Waals surface area contributed by atoms with Crippen LogP contribution in [0.25, 0.3) is 0 Å². The third kappa shape index (κ3) is 5.71. The van der Waals surface area contributed by atoms with Crippen LogP contribution in [0.2, 0.25) is 5.02 Å². The number of carbonyl (C=O) groups is 1. The lowest BCUT2D eigenvalue weighted by Gasteiger charge is -2.24. The molecule has 0 aliphatic carbocycles. The molecule has 0 radical (unpaired) electrons. The van der Waals surface area contributed by atoms with Crippen LogP contribution in [0.3, 0.4) is 0 Å². The van der Waals surface area contributed by atoms with Crippen LogP contribution in [-0.4, -0.2) is 27.1 Å². The van der Waals surface area contributed by atoms with Crippen LogP contribution >= 0.6 is 11.6 Å². The van der Waals surface area contributed by atoms with Gasteiger partial charge in [0.15, 0.2) is 0 Å². The van der Waals surface area contributed by atoms with Gasteiger partial charge in [-0.25, -0.2) is 8.42 Å². The minimum absolute atomic E-state index is 0.177. The number of benzene rings is 2. The predicted molar refractivity (Wildman–Crippen MR) is 111 cm³/mol. The van der Waals surface area contributed by atoms with Crippen molar-refractivity contribution in [3.63, 3.8) is 0 Å². The van der Waals surface area contributed by atoms with Gasteiger partial charge >= 0.3 is 0 Å². The highest BCUT2D eigenvalue weighted by Gasteiger charge is 2.22. The molecule has 1 N–H and O–H groups in total. The number of hydrogen-bond donors (Lipinski definition) is 1. The summed E-state index contributed by atoms with van der Waals surface area (Å²) >= 11 is 5.87. The second-order valence-electron chi connectivity index (χ2n) is 6.62. The van der Waals surface area contributed by atoms with Crippen LogP contribution in [0.5, 0.6) is 0 Å². The third-order valence-corrected chi connectivity index (χ3v) is 5.87. The van der Waals surface area contributed by atoms with E-state index in [1.807, 2.05) is 32.9 Å². The molecular formula is C20H25ClN2O3S. The van der Waals surface area contributed by atoms with Crippen LogP contribution in [0.15, 0.2) is 42.5 Å². The van der Waals surface area contributed by atoms with E-state index in [4.69, 9.17) is 11.6 Å². The van der Waals surface area contributed by atoms with Gasteiger partial charge < -0.3 is 5.32 Å². The molecule has 0 saturated heterocycles. The van der Waals surface area contributed by atoms with Crippen LogP contribution in [0.1, 0.15) is 36.1 Å². The maximum absolute atomic E-state index is 12.6. The highest BCUT2D eigenvalue weighted by atomic mass is 35.5. The number of rotatable bonds is 7. The average Bonchev–Trinajstić information content (AvgIpc) is 2.60. The van der Waals surface area contributed by atoms with Crippen molar-refractivity contribution in [1.82, 2.24) is 5.32 Å². The summed E-state index contributed by atoms with van der Waals surface area (Å²) in [6.07, 6.45) is 1.78. The number of hydrogen-bond acceptors (Lipinski definition) is 3. The summed E-state index contributed by atoms with van der Waals surface area (Å²) in [6.45, 7) is 5.75. The molecule has 2 aromatic rings. The number of carbonyl (C=O) groups excluding carboxylic acids is 1. The summed E-state index contributed by atoms with van der Waals surface area (Å²) in [4.78, 5) is 12.6. The third-order valence-electron chi connectivity index (χ3n) is 4.48. The van der Waals surface area contributed by atoms with Gasteiger partial charge in [0.1, 0.15) is 6.54 Å². The molecule has 0 spiro atoms. The van der Waals surface area contributed by atoms with Gasteiger partial charge in [-0.05, 0) is 61.2 Å². The van der Waals surface area contributed by atoms with Gasteiger partial charge in [-0.3, -0.25) is 9.10 Å². The Morgan fingerprint density at radius 1 is 1.11 bits per heavy atom. The molecule has 1 amide bonds. The van der Waals surface area contributed by atoms with Crippen molar-refractivity contribution in [1.29, 1.82) is 0 Å². The average molecular weight is 409 g/mol. The molecule has 0 fully saturated rings. The zero-order valence-corrected chi connectivity index (χ0v) is 17.6. The molecule has 0 aliphatic rings. The molecule has 1 atom stereocenters. The Balaban J connectivity index is 2.19. The fraction of sp³-hybridized carbons (Fsp3) is 0.350. The van der Waals surface area contributed by atoms with Gasteiger partial charge in [0.2, 0.25) is 15.9 Å². The first-order valence-electron chi connectivity index (χ1n) is 8.71. The van der Waals surface area contributed by atoms with E-state index in [1.165, 1.54) is 5.56 Å². The normalized spacial score (nSPS) is 12.5. The number of nitrogens with one attached hydrogen (secondary N) is 1. The van der Waals surface area contributed by atoms with E-state index in [-0.39, 0.29) is 18.5 Å². The lowest BCUT2D eigenvalue weighted by Crippen LogP contribution is -2.41. The molecule has 5 nitrogen and oxygen atoms in total. The molecule has 7 heteroatoms. The topological polar surface area (TPSA) is 66.5 Å². The van der Waals surface area contributed by atoms with E-state index < -0.39 is 10.0 Å². The summed E-state index contributed by atoms with van der Waals surface area (Å²) < 4.78 is 25.4. The fourth-order valence-electron chi connectivity index (χ4n) is 2.78. The summed E-state index contributed by atoms with van der Waals surface area (Å²) in [7, 11) is -3.62. The first-order chi connectivity index (χ1) is 12.6. The monoisotopic (exact) mass is 408 g/mol.